The Bertz CT molecular complexity index is 1310. The van der Waals surface area contributed by atoms with Crippen LogP contribution in [-0.4, -0.2) is 30.3 Å². The Morgan fingerprint density at radius 1 is 0.882 bits per heavy atom. The summed E-state index contributed by atoms with van der Waals surface area (Å²) >= 11 is 5.65. The maximum Gasteiger partial charge on any atom is 0.263 e. The van der Waals surface area contributed by atoms with Crippen LogP contribution in [-0.2, 0) is 27.7 Å². The Labute approximate surface area is 202 Å². The number of rotatable bonds is 8. The van der Waals surface area contributed by atoms with Crippen LogP contribution in [0.4, 0.5) is 11.5 Å². The van der Waals surface area contributed by atoms with Crippen molar-refractivity contribution >= 4 is 44.8 Å². The number of aryl methyl sites for hydroxylation is 2. The van der Waals surface area contributed by atoms with Gasteiger partial charge in [0.1, 0.15) is 0 Å². The molecule has 0 atom stereocenters. The summed E-state index contributed by atoms with van der Waals surface area (Å²) < 4.78 is 27.3. The van der Waals surface area contributed by atoms with Gasteiger partial charge in [-0.2, -0.15) is 0 Å². The number of hydrogen-bond donors (Lipinski definition) is 2. The van der Waals surface area contributed by atoms with Crippen LogP contribution in [0.3, 0.4) is 0 Å². The van der Waals surface area contributed by atoms with Crippen LogP contribution in [0.25, 0.3) is 0 Å². The van der Waals surface area contributed by atoms with E-state index < -0.39 is 10.0 Å². The molecule has 1 aromatic heterocycles. The van der Waals surface area contributed by atoms with Crippen LogP contribution < -0.4 is 10.0 Å². The number of nitrogens with one attached hydrogen (secondary N) is 2. The molecule has 0 bridgehead atoms. The minimum atomic E-state index is -3.88. The van der Waals surface area contributed by atoms with Gasteiger partial charge in [0.2, 0.25) is 5.91 Å². The summed E-state index contributed by atoms with van der Waals surface area (Å²) in [7, 11) is -3.88. The summed E-state index contributed by atoms with van der Waals surface area (Å²) in [5.74, 6) is -0.358. The highest BCUT2D eigenvalue weighted by atomic mass is 35.5. The van der Waals surface area contributed by atoms with Gasteiger partial charge in [0.05, 0.1) is 4.90 Å². The fourth-order valence-electron chi connectivity index (χ4n) is 3.79. The minimum Gasteiger partial charge on any atom is -0.326 e. The molecule has 34 heavy (non-hydrogen) atoms. The van der Waals surface area contributed by atoms with Gasteiger partial charge in [0.15, 0.2) is 16.8 Å². The Balaban J connectivity index is 1.31. The van der Waals surface area contributed by atoms with Gasteiger partial charge in [0.25, 0.3) is 10.0 Å². The van der Waals surface area contributed by atoms with Crippen LogP contribution in [0.5, 0.6) is 0 Å². The zero-order chi connectivity index (χ0) is 24.1. The number of hydrogen-bond acceptors (Lipinski definition) is 6. The van der Waals surface area contributed by atoms with E-state index >= 15 is 0 Å². The number of halogens is 1. The van der Waals surface area contributed by atoms with Crippen LogP contribution in [0.2, 0.25) is 5.15 Å². The molecule has 0 saturated carbocycles. The van der Waals surface area contributed by atoms with Gasteiger partial charge >= 0.3 is 0 Å². The second-order valence-electron chi connectivity index (χ2n) is 8.03. The number of Topliss-reactive ketones (excluding diaryl/α,β-unsaturated/α-hetero) is 1. The average Bonchev–Trinajstić information content (AvgIpc) is 2.84. The number of nitrogens with zero attached hydrogens (tertiary/aromatic N) is 2. The highest BCUT2D eigenvalue weighted by Crippen LogP contribution is 2.23. The van der Waals surface area contributed by atoms with Gasteiger partial charge in [0, 0.05) is 24.1 Å². The topological polar surface area (TPSA) is 118 Å². The SMILES string of the molecule is O=C(CCC(=O)c1ccc2c(c1)CCCC2)Nc1ccc(S(=O)(=O)Nc2ccc(Cl)nn2)cc1. The molecule has 1 amide bonds. The monoisotopic (exact) mass is 498 g/mol. The lowest BCUT2D eigenvalue weighted by molar-refractivity contribution is -0.116. The van der Waals surface area contributed by atoms with Crippen molar-refractivity contribution in [2.75, 3.05) is 10.0 Å². The number of anilines is 2. The van der Waals surface area contributed by atoms with Crippen LogP contribution in [0.15, 0.2) is 59.5 Å². The van der Waals surface area contributed by atoms with Crippen molar-refractivity contribution in [2.45, 2.75) is 43.4 Å². The maximum absolute atomic E-state index is 12.5. The molecule has 0 saturated heterocycles. The number of amides is 1. The molecule has 1 aliphatic carbocycles. The first-order chi connectivity index (χ1) is 16.3. The van der Waals surface area contributed by atoms with E-state index in [1.807, 2.05) is 18.2 Å². The zero-order valence-corrected chi connectivity index (χ0v) is 19.8. The average molecular weight is 499 g/mol. The van der Waals surface area contributed by atoms with E-state index in [1.54, 1.807) is 0 Å². The molecule has 0 unspecified atom stereocenters. The van der Waals surface area contributed by atoms with Crippen molar-refractivity contribution in [3.63, 3.8) is 0 Å². The molecule has 0 aliphatic heterocycles. The standard InChI is InChI=1S/C24H23ClN4O4S/c25-22-12-13-23(28-27-22)29-34(32,33)20-9-7-19(8-10-20)26-24(31)14-11-21(30)18-6-5-16-3-1-2-4-17(16)15-18/h5-10,12-13,15H,1-4,11,14H2,(H,26,31)(H,28,29). The fourth-order valence-corrected chi connectivity index (χ4v) is 4.88. The second kappa shape index (κ2) is 10.3. The smallest absolute Gasteiger partial charge is 0.263 e. The molecular weight excluding hydrogens is 476 g/mol. The third-order valence-corrected chi connectivity index (χ3v) is 7.14. The van der Waals surface area contributed by atoms with Crippen molar-refractivity contribution in [3.8, 4) is 0 Å². The number of benzene rings is 2. The van der Waals surface area contributed by atoms with Crippen molar-refractivity contribution in [1.29, 1.82) is 0 Å². The van der Waals surface area contributed by atoms with Crippen molar-refractivity contribution in [3.05, 3.63) is 76.4 Å². The fraction of sp³-hybridized carbons (Fsp3) is 0.250. The molecule has 1 aliphatic rings. The Morgan fingerprint density at radius 3 is 2.32 bits per heavy atom. The van der Waals surface area contributed by atoms with E-state index in [1.165, 1.54) is 53.9 Å². The summed E-state index contributed by atoms with van der Waals surface area (Å²) in [4.78, 5) is 24.8. The van der Waals surface area contributed by atoms with Crippen LogP contribution >= 0.6 is 11.6 Å². The van der Waals surface area contributed by atoms with Gasteiger partial charge in [-0.3, -0.25) is 14.3 Å². The largest absolute Gasteiger partial charge is 0.326 e. The van der Waals surface area contributed by atoms with Gasteiger partial charge in [-0.15, -0.1) is 10.2 Å². The summed E-state index contributed by atoms with van der Waals surface area (Å²) in [5.41, 5.74) is 3.61. The molecule has 10 heteroatoms. The molecule has 0 spiro atoms. The van der Waals surface area contributed by atoms with Gasteiger partial charge in [-0.25, -0.2) is 8.42 Å². The summed E-state index contributed by atoms with van der Waals surface area (Å²) in [5, 5.41) is 10.1. The van der Waals surface area contributed by atoms with E-state index in [2.05, 4.69) is 20.2 Å². The number of ketones is 1. The normalized spacial score (nSPS) is 13.1. The lowest BCUT2D eigenvalue weighted by Crippen LogP contribution is -2.15. The molecule has 8 nitrogen and oxygen atoms in total. The third kappa shape index (κ3) is 5.98. The van der Waals surface area contributed by atoms with Gasteiger partial charge in [-0.05, 0) is 79.3 Å². The Morgan fingerprint density at radius 2 is 1.62 bits per heavy atom. The summed E-state index contributed by atoms with van der Waals surface area (Å²) in [6.45, 7) is 0. The van der Waals surface area contributed by atoms with Crippen LogP contribution in [0.1, 0.15) is 47.2 Å². The van der Waals surface area contributed by atoms with Gasteiger partial charge < -0.3 is 5.32 Å². The van der Waals surface area contributed by atoms with E-state index in [9.17, 15) is 18.0 Å². The minimum absolute atomic E-state index is 0.00941. The van der Waals surface area contributed by atoms with E-state index in [0.717, 1.165) is 19.3 Å². The number of carbonyl (C=O) groups excluding carboxylic acids is 2. The van der Waals surface area contributed by atoms with E-state index in [-0.39, 0.29) is 40.4 Å². The predicted octanol–water partition coefficient (Wildman–Crippen LogP) is 4.41. The summed E-state index contributed by atoms with van der Waals surface area (Å²) in [6, 6.07) is 14.3. The molecule has 2 aromatic carbocycles. The van der Waals surface area contributed by atoms with Crippen molar-refractivity contribution < 1.29 is 18.0 Å². The zero-order valence-electron chi connectivity index (χ0n) is 18.3. The molecule has 2 N–H and O–H groups in total. The van der Waals surface area contributed by atoms with Gasteiger partial charge in [-0.1, -0.05) is 23.7 Å². The Hall–Kier alpha value is -3.30. The quantitative estimate of drug-likeness (QED) is 0.444. The molecule has 3 aromatic rings. The molecular formula is C24H23ClN4O4S. The molecule has 0 radical (unpaired) electrons. The second-order valence-corrected chi connectivity index (χ2v) is 10.1. The highest BCUT2D eigenvalue weighted by molar-refractivity contribution is 7.92. The lowest BCUT2D eigenvalue weighted by Gasteiger charge is -2.16. The number of carbonyl (C=O) groups is 2. The predicted molar refractivity (Wildman–Crippen MR) is 130 cm³/mol. The first-order valence-electron chi connectivity index (χ1n) is 10.9. The molecule has 176 valence electrons. The first kappa shape index (κ1) is 23.8. The highest BCUT2D eigenvalue weighted by Gasteiger charge is 2.17. The molecule has 0 fully saturated rings. The van der Waals surface area contributed by atoms with E-state index in [4.69, 9.17) is 11.6 Å². The van der Waals surface area contributed by atoms with Crippen LogP contribution in [0, 0.1) is 0 Å². The molecule has 1 heterocycles. The number of aromatic nitrogens is 2. The molecule has 4 rings (SSSR count). The lowest BCUT2D eigenvalue weighted by atomic mass is 9.89. The first-order valence-corrected chi connectivity index (χ1v) is 12.7. The number of fused-ring (bicyclic) bond motifs is 1. The third-order valence-electron chi connectivity index (χ3n) is 5.57. The summed E-state index contributed by atoms with van der Waals surface area (Å²) in [6.07, 6.45) is 4.50. The maximum atomic E-state index is 12.5. The van der Waals surface area contributed by atoms with E-state index in [0.29, 0.717) is 11.3 Å². The number of sulfonamides is 1. The van der Waals surface area contributed by atoms with Crippen molar-refractivity contribution in [1.82, 2.24) is 10.2 Å². The van der Waals surface area contributed by atoms with Crippen molar-refractivity contribution in [2.24, 2.45) is 0 Å². The Kier molecular flexibility index (Phi) is 7.23.